The van der Waals surface area contributed by atoms with Crippen molar-refractivity contribution < 1.29 is 14.3 Å². The summed E-state index contributed by atoms with van der Waals surface area (Å²) in [7, 11) is 2.14. The molecule has 2 aliphatic rings. The number of hydrogen-bond acceptors (Lipinski definition) is 7. The maximum absolute atomic E-state index is 13.4. The Morgan fingerprint density at radius 1 is 0.972 bits per heavy atom. The predicted molar refractivity (Wildman–Crippen MR) is 136 cm³/mol. The number of fused-ring (bicyclic) bond motifs is 1. The lowest BCUT2D eigenvalue weighted by molar-refractivity contribution is 0.0513. The van der Waals surface area contributed by atoms with Gasteiger partial charge in [-0.1, -0.05) is 0 Å². The van der Waals surface area contributed by atoms with Crippen LogP contribution in [0, 0.1) is 0 Å². The molecule has 4 heterocycles. The van der Waals surface area contributed by atoms with Crippen LogP contribution in [0.4, 0.5) is 5.69 Å². The van der Waals surface area contributed by atoms with Gasteiger partial charge in [0.1, 0.15) is 0 Å². The van der Waals surface area contributed by atoms with Gasteiger partial charge in [0.25, 0.3) is 5.91 Å². The molecule has 1 saturated heterocycles. The van der Waals surface area contributed by atoms with Gasteiger partial charge >= 0.3 is 5.97 Å². The monoisotopic (exact) mass is 488 g/mol. The van der Waals surface area contributed by atoms with Gasteiger partial charge in [0, 0.05) is 74.0 Å². The Morgan fingerprint density at radius 2 is 1.69 bits per heavy atom. The molecule has 2 aromatic heterocycles. The first-order valence-electron chi connectivity index (χ1n) is 12.5. The van der Waals surface area contributed by atoms with Crippen LogP contribution in [-0.2, 0) is 24.2 Å². The molecule has 0 unspecified atom stereocenters. The molecule has 5 rings (SSSR count). The van der Waals surface area contributed by atoms with Gasteiger partial charge in [0.15, 0.2) is 5.69 Å². The average molecular weight is 489 g/mol. The summed E-state index contributed by atoms with van der Waals surface area (Å²) in [5.74, 6) is -0.490. The van der Waals surface area contributed by atoms with Crippen LogP contribution in [0.15, 0.2) is 48.8 Å². The summed E-state index contributed by atoms with van der Waals surface area (Å²) in [6, 6.07) is 11.7. The van der Waals surface area contributed by atoms with E-state index in [-0.39, 0.29) is 12.5 Å². The summed E-state index contributed by atoms with van der Waals surface area (Å²) in [4.78, 5) is 36.7. The Morgan fingerprint density at radius 3 is 2.39 bits per heavy atom. The first kappa shape index (κ1) is 24.0. The third-order valence-corrected chi connectivity index (χ3v) is 6.95. The number of anilines is 1. The fourth-order valence-electron chi connectivity index (χ4n) is 4.88. The smallest absolute Gasteiger partial charge is 0.359 e. The van der Waals surface area contributed by atoms with Crippen LogP contribution in [0.3, 0.4) is 0 Å². The third kappa shape index (κ3) is 4.97. The van der Waals surface area contributed by atoms with Crippen molar-refractivity contribution in [2.45, 2.75) is 26.4 Å². The molecular weight excluding hydrogens is 456 g/mol. The third-order valence-electron chi connectivity index (χ3n) is 6.95. The van der Waals surface area contributed by atoms with Gasteiger partial charge in [-0.2, -0.15) is 5.10 Å². The van der Waals surface area contributed by atoms with Gasteiger partial charge < -0.3 is 19.4 Å². The molecule has 1 amide bonds. The minimum Gasteiger partial charge on any atom is -0.461 e. The van der Waals surface area contributed by atoms with E-state index in [0.717, 1.165) is 48.7 Å². The zero-order valence-corrected chi connectivity index (χ0v) is 20.9. The van der Waals surface area contributed by atoms with Crippen molar-refractivity contribution in [2.75, 3.05) is 51.3 Å². The van der Waals surface area contributed by atoms with Crippen molar-refractivity contribution in [3.8, 4) is 0 Å². The second-order valence-corrected chi connectivity index (χ2v) is 9.32. The van der Waals surface area contributed by atoms with Gasteiger partial charge in [-0.25, -0.2) is 4.79 Å². The largest absolute Gasteiger partial charge is 0.461 e. The van der Waals surface area contributed by atoms with Gasteiger partial charge in [0.05, 0.1) is 19.7 Å². The highest BCUT2D eigenvalue weighted by atomic mass is 16.5. The van der Waals surface area contributed by atoms with Crippen molar-refractivity contribution in [1.29, 1.82) is 0 Å². The Labute approximate surface area is 211 Å². The Balaban J connectivity index is 1.35. The van der Waals surface area contributed by atoms with Gasteiger partial charge in [-0.05, 0) is 55.9 Å². The molecule has 0 radical (unpaired) electrons. The standard InChI is InChI=1S/C27H32N6O3/c1-3-36-27(35)25-23-19-32(13-10-24(23)33(29-25)18-20-8-11-28-12-9-20)26(34)21-4-6-22(7-5-21)31-16-14-30(2)15-17-31/h4-9,11-12H,3,10,13-19H2,1-2H3. The SMILES string of the molecule is CCOC(=O)c1nn(Cc2ccncc2)c2c1CN(C(=O)c1ccc(N3CCN(C)CC3)cc1)CC2. The number of carbonyl (C=O) groups excluding carboxylic acids is 2. The van der Waals surface area contributed by atoms with Crippen LogP contribution < -0.4 is 4.90 Å². The van der Waals surface area contributed by atoms with Crippen LogP contribution in [-0.4, -0.2) is 82.8 Å². The van der Waals surface area contributed by atoms with Crippen LogP contribution >= 0.6 is 0 Å². The number of carbonyl (C=O) groups is 2. The predicted octanol–water partition coefficient (Wildman–Crippen LogP) is 2.45. The van der Waals surface area contributed by atoms with Crippen molar-refractivity contribution in [3.05, 3.63) is 76.9 Å². The zero-order valence-electron chi connectivity index (χ0n) is 20.9. The van der Waals surface area contributed by atoms with Crippen LogP contribution in [0.1, 0.15) is 44.6 Å². The fourth-order valence-corrected chi connectivity index (χ4v) is 4.88. The molecule has 9 heteroatoms. The average Bonchev–Trinajstić information content (AvgIpc) is 3.27. The number of nitrogens with zero attached hydrogens (tertiary/aromatic N) is 6. The molecule has 0 atom stereocenters. The second-order valence-electron chi connectivity index (χ2n) is 9.32. The molecule has 0 N–H and O–H groups in total. The fraction of sp³-hybridized carbons (Fsp3) is 0.407. The lowest BCUT2D eigenvalue weighted by atomic mass is 10.0. The highest BCUT2D eigenvalue weighted by Crippen LogP contribution is 2.26. The highest BCUT2D eigenvalue weighted by Gasteiger charge is 2.31. The van der Waals surface area contributed by atoms with E-state index in [2.05, 4.69) is 26.9 Å². The maximum atomic E-state index is 13.4. The van der Waals surface area contributed by atoms with E-state index >= 15 is 0 Å². The van der Waals surface area contributed by atoms with Crippen LogP contribution in [0.5, 0.6) is 0 Å². The number of pyridine rings is 1. The zero-order chi connectivity index (χ0) is 25.1. The van der Waals surface area contributed by atoms with E-state index in [0.29, 0.717) is 37.3 Å². The first-order valence-corrected chi connectivity index (χ1v) is 12.5. The molecule has 1 aromatic carbocycles. The van der Waals surface area contributed by atoms with Crippen LogP contribution in [0.25, 0.3) is 0 Å². The van der Waals surface area contributed by atoms with E-state index in [1.807, 2.05) is 41.1 Å². The molecule has 9 nitrogen and oxygen atoms in total. The molecule has 36 heavy (non-hydrogen) atoms. The number of rotatable bonds is 6. The number of hydrogen-bond donors (Lipinski definition) is 0. The lowest BCUT2D eigenvalue weighted by Crippen LogP contribution is -2.44. The summed E-state index contributed by atoms with van der Waals surface area (Å²) >= 11 is 0. The van der Waals surface area contributed by atoms with E-state index in [4.69, 9.17) is 4.74 Å². The number of ether oxygens (including phenoxy) is 1. The summed E-state index contributed by atoms with van der Waals surface area (Å²) in [5.41, 5.74) is 4.88. The second kappa shape index (κ2) is 10.5. The minimum atomic E-state index is -0.451. The molecule has 0 bridgehead atoms. The van der Waals surface area contributed by atoms with Gasteiger partial charge in [0.2, 0.25) is 0 Å². The molecule has 0 saturated carbocycles. The number of piperazine rings is 1. The number of likely N-dealkylation sites (N-methyl/N-ethyl adjacent to an activating group) is 1. The highest BCUT2D eigenvalue weighted by molar-refractivity contribution is 5.95. The Hall–Kier alpha value is -3.72. The van der Waals surface area contributed by atoms with Crippen molar-refractivity contribution in [3.63, 3.8) is 0 Å². The Kier molecular flexibility index (Phi) is 6.99. The molecule has 3 aromatic rings. The van der Waals surface area contributed by atoms with Crippen LogP contribution in [0.2, 0.25) is 0 Å². The van der Waals surface area contributed by atoms with Crippen molar-refractivity contribution in [2.24, 2.45) is 0 Å². The minimum absolute atomic E-state index is 0.0396. The van der Waals surface area contributed by atoms with E-state index < -0.39 is 5.97 Å². The summed E-state index contributed by atoms with van der Waals surface area (Å²) < 4.78 is 7.14. The maximum Gasteiger partial charge on any atom is 0.359 e. The van der Waals surface area contributed by atoms with Crippen molar-refractivity contribution >= 4 is 17.6 Å². The molecule has 188 valence electrons. The topological polar surface area (TPSA) is 83.8 Å². The van der Waals surface area contributed by atoms with Crippen molar-refractivity contribution in [1.82, 2.24) is 24.6 Å². The summed E-state index contributed by atoms with van der Waals surface area (Å²) in [6.45, 7) is 7.52. The van der Waals surface area contributed by atoms with E-state index in [9.17, 15) is 9.59 Å². The molecular formula is C27H32N6O3. The quantitative estimate of drug-likeness (QED) is 0.493. The van der Waals surface area contributed by atoms with Gasteiger partial charge in [-0.3, -0.25) is 14.5 Å². The lowest BCUT2D eigenvalue weighted by Gasteiger charge is -2.34. The molecule has 0 spiro atoms. The van der Waals surface area contributed by atoms with E-state index in [1.165, 1.54) is 0 Å². The summed E-state index contributed by atoms with van der Waals surface area (Å²) in [5, 5.41) is 4.62. The summed E-state index contributed by atoms with van der Waals surface area (Å²) in [6.07, 6.45) is 4.11. The molecule has 2 aliphatic heterocycles. The molecule has 1 fully saturated rings. The number of benzene rings is 1. The van der Waals surface area contributed by atoms with Gasteiger partial charge in [-0.15, -0.1) is 0 Å². The van der Waals surface area contributed by atoms with E-state index in [1.54, 1.807) is 24.2 Å². The normalized spacial score (nSPS) is 16.1. The number of aromatic nitrogens is 3. The number of amides is 1. The Bertz CT molecular complexity index is 1220. The number of esters is 1. The molecule has 0 aliphatic carbocycles. The first-order chi connectivity index (χ1) is 17.5.